The van der Waals surface area contributed by atoms with Crippen molar-refractivity contribution in [3.05, 3.63) is 48.3 Å². The molecule has 1 saturated heterocycles. The van der Waals surface area contributed by atoms with Crippen molar-refractivity contribution >= 4 is 23.4 Å². The van der Waals surface area contributed by atoms with Crippen LogP contribution in [0, 0.1) is 5.82 Å². The van der Waals surface area contributed by atoms with Crippen LogP contribution in [-0.4, -0.2) is 48.9 Å². The van der Waals surface area contributed by atoms with E-state index in [0.717, 1.165) is 18.8 Å². The van der Waals surface area contributed by atoms with Crippen molar-refractivity contribution in [2.24, 2.45) is 0 Å². The third-order valence-electron chi connectivity index (χ3n) is 4.61. The van der Waals surface area contributed by atoms with Crippen LogP contribution in [-0.2, 0) is 9.53 Å². The van der Waals surface area contributed by atoms with Gasteiger partial charge in [0.25, 0.3) is 0 Å². The highest BCUT2D eigenvalue weighted by molar-refractivity contribution is 5.94. The van der Waals surface area contributed by atoms with Gasteiger partial charge in [-0.05, 0) is 37.6 Å². The molecule has 1 fully saturated rings. The maximum atomic E-state index is 15.0. The van der Waals surface area contributed by atoms with Crippen molar-refractivity contribution in [1.82, 2.24) is 5.32 Å². The average Bonchev–Trinajstić information content (AvgIpc) is 2.67. The topological polar surface area (TPSA) is 90.9 Å². The number of anilines is 2. The van der Waals surface area contributed by atoms with E-state index < -0.39 is 24.4 Å². The highest BCUT2D eigenvalue weighted by Crippen LogP contribution is 2.31. The van der Waals surface area contributed by atoms with Crippen molar-refractivity contribution in [1.29, 1.82) is 0 Å². The molecule has 2 atom stereocenters. The van der Waals surface area contributed by atoms with Gasteiger partial charge in [-0.25, -0.2) is 9.18 Å². The quantitative estimate of drug-likeness (QED) is 0.715. The number of nitrogens with zero attached hydrogens (tertiary/aromatic N) is 1. The molecule has 3 N–H and O–H groups in total. The van der Waals surface area contributed by atoms with E-state index in [-0.39, 0.29) is 17.9 Å². The summed E-state index contributed by atoms with van der Waals surface area (Å²) in [7, 11) is 0. The molecular formula is C21H24FN3O4. The molecule has 1 aliphatic heterocycles. The minimum absolute atomic E-state index is 0.00120. The van der Waals surface area contributed by atoms with Crippen LogP contribution in [0.15, 0.2) is 42.5 Å². The lowest BCUT2D eigenvalue weighted by molar-refractivity contribution is -0.115. The van der Waals surface area contributed by atoms with E-state index in [4.69, 9.17) is 9.84 Å². The number of morpholine rings is 1. The Morgan fingerprint density at radius 2 is 1.86 bits per heavy atom. The molecule has 0 aromatic heterocycles. The molecule has 8 heteroatoms. The summed E-state index contributed by atoms with van der Waals surface area (Å²) in [6.45, 7) is 5.10. The Morgan fingerprint density at radius 3 is 2.55 bits per heavy atom. The second-order valence-electron chi connectivity index (χ2n) is 7.09. The van der Waals surface area contributed by atoms with Crippen molar-refractivity contribution in [2.75, 3.05) is 29.9 Å². The minimum atomic E-state index is -1.32. The third-order valence-corrected chi connectivity index (χ3v) is 4.61. The number of rotatable bonds is 5. The van der Waals surface area contributed by atoms with Gasteiger partial charge in [0.1, 0.15) is 6.54 Å². The summed E-state index contributed by atoms with van der Waals surface area (Å²) in [4.78, 5) is 24.5. The van der Waals surface area contributed by atoms with E-state index in [1.54, 1.807) is 12.1 Å². The second kappa shape index (κ2) is 8.91. The molecule has 154 valence electrons. The van der Waals surface area contributed by atoms with Crippen LogP contribution in [0.5, 0.6) is 0 Å². The molecule has 0 spiro atoms. The second-order valence-corrected chi connectivity index (χ2v) is 7.09. The molecule has 0 aliphatic carbocycles. The van der Waals surface area contributed by atoms with Gasteiger partial charge in [-0.2, -0.15) is 0 Å². The summed E-state index contributed by atoms with van der Waals surface area (Å²) < 4.78 is 20.8. The van der Waals surface area contributed by atoms with Crippen LogP contribution in [0.4, 0.5) is 20.6 Å². The Kier molecular flexibility index (Phi) is 6.33. The van der Waals surface area contributed by atoms with Crippen LogP contribution in [0.1, 0.15) is 13.8 Å². The molecule has 0 radical (unpaired) electrons. The van der Waals surface area contributed by atoms with Crippen LogP contribution in [0.2, 0.25) is 0 Å². The number of benzene rings is 2. The van der Waals surface area contributed by atoms with E-state index in [1.165, 1.54) is 6.07 Å². The maximum Gasteiger partial charge on any atom is 0.405 e. The number of amides is 2. The minimum Gasteiger partial charge on any atom is -0.465 e. The van der Waals surface area contributed by atoms with Gasteiger partial charge in [-0.3, -0.25) is 4.79 Å². The fraction of sp³-hybridized carbons (Fsp3) is 0.333. The Labute approximate surface area is 168 Å². The standard InChI is InChI=1S/C21H24FN3O4/c1-13-11-25(12-14(2)29-13)16-6-3-5-15(9-16)17-7-4-8-18(20(17)22)24-19(26)10-23-21(27)28/h3-9,13-14,23H,10-12H2,1-2H3,(H,24,26)(H,27,28)/t13-,14+. The van der Waals surface area contributed by atoms with Crippen LogP contribution in [0.25, 0.3) is 11.1 Å². The zero-order chi connectivity index (χ0) is 21.0. The number of halogens is 1. The predicted molar refractivity (Wildman–Crippen MR) is 109 cm³/mol. The Morgan fingerprint density at radius 1 is 1.17 bits per heavy atom. The highest BCUT2D eigenvalue weighted by Gasteiger charge is 2.23. The normalized spacial score (nSPS) is 18.9. The molecule has 1 heterocycles. The van der Waals surface area contributed by atoms with Crippen LogP contribution >= 0.6 is 0 Å². The summed E-state index contributed by atoms with van der Waals surface area (Å²) in [6.07, 6.45) is -1.10. The summed E-state index contributed by atoms with van der Waals surface area (Å²) in [6, 6.07) is 12.3. The van der Waals surface area contributed by atoms with Gasteiger partial charge >= 0.3 is 6.09 Å². The van der Waals surface area contributed by atoms with E-state index in [2.05, 4.69) is 10.2 Å². The number of hydrogen-bond donors (Lipinski definition) is 3. The number of hydrogen-bond acceptors (Lipinski definition) is 4. The molecule has 7 nitrogen and oxygen atoms in total. The molecule has 2 amide bonds. The fourth-order valence-corrected chi connectivity index (χ4v) is 3.46. The lowest BCUT2D eigenvalue weighted by Gasteiger charge is -2.37. The Bertz CT molecular complexity index is 895. The summed E-state index contributed by atoms with van der Waals surface area (Å²) >= 11 is 0. The van der Waals surface area contributed by atoms with Gasteiger partial charge in [-0.1, -0.05) is 24.3 Å². The fourth-order valence-electron chi connectivity index (χ4n) is 3.46. The zero-order valence-electron chi connectivity index (χ0n) is 16.3. The van der Waals surface area contributed by atoms with Crippen molar-refractivity contribution in [3.8, 4) is 11.1 Å². The van der Waals surface area contributed by atoms with Gasteiger partial charge in [0.05, 0.1) is 17.9 Å². The first-order chi connectivity index (χ1) is 13.8. The zero-order valence-corrected chi connectivity index (χ0v) is 16.3. The van der Waals surface area contributed by atoms with E-state index in [1.807, 2.05) is 43.4 Å². The SMILES string of the molecule is C[C@@H]1CN(c2cccc(-c3cccc(NC(=O)CNC(=O)O)c3F)c2)C[C@H](C)O1. The first-order valence-electron chi connectivity index (χ1n) is 9.39. The molecule has 3 rings (SSSR count). The van der Waals surface area contributed by atoms with E-state index in [0.29, 0.717) is 11.1 Å². The van der Waals surface area contributed by atoms with E-state index in [9.17, 15) is 9.59 Å². The third kappa shape index (κ3) is 5.23. The monoisotopic (exact) mass is 401 g/mol. The molecular weight excluding hydrogens is 377 g/mol. The number of nitrogens with one attached hydrogen (secondary N) is 2. The lowest BCUT2D eigenvalue weighted by atomic mass is 10.0. The van der Waals surface area contributed by atoms with Crippen molar-refractivity contribution in [3.63, 3.8) is 0 Å². The largest absolute Gasteiger partial charge is 0.465 e. The maximum absolute atomic E-state index is 15.0. The molecule has 2 aromatic rings. The number of carboxylic acid groups (broad SMARTS) is 1. The number of carbonyl (C=O) groups excluding carboxylic acids is 1. The van der Waals surface area contributed by atoms with Gasteiger partial charge < -0.3 is 25.4 Å². The predicted octanol–water partition coefficient (Wildman–Crippen LogP) is 3.31. The van der Waals surface area contributed by atoms with Gasteiger partial charge in [0, 0.05) is 24.3 Å². The Hall–Kier alpha value is -3.13. The lowest BCUT2D eigenvalue weighted by Crippen LogP contribution is -2.45. The number of ether oxygens (including phenoxy) is 1. The molecule has 2 aromatic carbocycles. The average molecular weight is 401 g/mol. The molecule has 1 aliphatic rings. The molecule has 0 unspecified atom stereocenters. The van der Waals surface area contributed by atoms with Gasteiger partial charge in [0.15, 0.2) is 5.82 Å². The number of carbonyl (C=O) groups is 2. The van der Waals surface area contributed by atoms with Gasteiger partial charge in [0.2, 0.25) is 5.91 Å². The molecule has 0 saturated carbocycles. The van der Waals surface area contributed by atoms with Crippen LogP contribution in [0.3, 0.4) is 0 Å². The van der Waals surface area contributed by atoms with Gasteiger partial charge in [-0.15, -0.1) is 0 Å². The highest BCUT2D eigenvalue weighted by atomic mass is 19.1. The summed E-state index contributed by atoms with van der Waals surface area (Å²) in [5.74, 6) is -1.22. The Balaban J connectivity index is 1.82. The van der Waals surface area contributed by atoms with Crippen LogP contribution < -0.4 is 15.5 Å². The van der Waals surface area contributed by atoms with E-state index >= 15 is 4.39 Å². The first kappa shape index (κ1) is 20.6. The van der Waals surface area contributed by atoms with Crippen molar-refractivity contribution in [2.45, 2.75) is 26.1 Å². The first-order valence-corrected chi connectivity index (χ1v) is 9.39. The van der Waals surface area contributed by atoms with Crippen molar-refractivity contribution < 1.29 is 23.8 Å². The summed E-state index contributed by atoms with van der Waals surface area (Å²) in [5, 5.41) is 12.9. The smallest absolute Gasteiger partial charge is 0.405 e. The summed E-state index contributed by atoms with van der Waals surface area (Å²) in [5.41, 5.74) is 2.01. The molecule has 0 bridgehead atoms. The molecule has 29 heavy (non-hydrogen) atoms.